The van der Waals surface area contributed by atoms with Crippen molar-refractivity contribution in [1.82, 2.24) is 0 Å². The van der Waals surface area contributed by atoms with Gasteiger partial charge in [-0.1, -0.05) is 6.07 Å². The Hall–Kier alpha value is -0.540. The van der Waals surface area contributed by atoms with Crippen LogP contribution in [0.5, 0.6) is 0 Å². The van der Waals surface area contributed by atoms with Gasteiger partial charge in [0.15, 0.2) is 0 Å². The number of halogens is 1. The number of hydrogen-bond acceptors (Lipinski definition) is 3. The molecule has 0 aliphatic heterocycles. The van der Waals surface area contributed by atoms with Gasteiger partial charge in [-0.2, -0.15) is 0 Å². The third-order valence-electron chi connectivity index (χ3n) is 1.06. The Morgan fingerprint density at radius 2 is 2.55 bits per heavy atom. The molecule has 0 aromatic carbocycles. The lowest BCUT2D eigenvalue weighted by Gasteiger charge is -1.98. The zero-order chi connectivity index (χ0) is 8.10. The molecule has 0 fully saturated rings. The molecule has 0 unspecified atom stereocenters. The zero-order valence-corrected chi connectivity index (χ0v) is 7.32. The quantitative estimate of drug-likeness (QED) is 0.539. The number of carbonyl (C=O) groups excluding carboxylic acids is 1. The Bertz CT molecular complexity index is 220. The lowest BCUT2D eigenvalue weighted by Crippen LogP contribution is -2.04. The molecule has 0 spiro atoms. The highest BCUT2D eigenvalue weighted by molar-refractivity contribution is 7.09. The summed E-state index contributed by atoms with van der Waals surface area (Å²) < 4.78 is 4.78. The van der Waals surface area contributed by atoms with Crippen molar-refractivity contribution in [2.24, 2.45) is 0 Å². The molecule has 1 aromatic heterocycles. The second-order valence-electron chi connectivity index (χ2n) is 1.87. The molecule has 0 saturated heterocycles. The third kappa shape index (κ3) is 2.91. The maximum Gasteiger partial charge on any atom is 0.321 e. The maximum atomic E-state index is 10.6. The summed E-state index contributed by atoms with van der Waals surface area (Å²) in [6.07, 6.45) is 0. The standard InChI is InChI=1S/C7H7ClO2S/c8-4-7(9)10-5-6-2-1-3-11-6/h1-3H,4-5H2. The van der Waals surface area contributed by atoms with Crippen LogP contribution in [0.3, 0.4) is 0 Å². The topological polar surface area (TPSA) is 26.3 Å². The Morgan fingerprint density at radius 1 is 1.73 bits per heavy atom. The second kappa shape index (κ2) is 4.36. The fourth-order valence-corrected chi connectivity index (χ4v) is 1.28. The van der Waals surface area contributed by atoms with Gasteiger partial charge in [-0.3, -0.25) is 4.79 Å². The second-order valence-corrected chi connectivity index (χ2v) is 3.17. The molecule has 0 radical (unpaired) electrons. The van der Waals surface area contributed by atoms with Crippen molar-refractivity contribution in [1.29, 1.82) is 0 Å². The van der Waals surface area contributed by atoms with E-state index in [1.54, 1.807) is 11.3 Å². The molecule has 0 bridgehead atoms. The molecule has 0 amide bonds. The third-order valence-corrected chi connectivity index (χ3v) is 2.13. The summed E-state index contributed by atoms with van der Waals surface area (Å²) in [6, 6.07) is 3.82. The van der Waals surface area contributed by atoms with Crippen LogP contribution >= 0.6 is 22.9 Å². The number of carbonyl (C=O) groups is 1. The average molecular weight is 191 g/mol. The first-order valence-corrected chi connectivity index (χ1v) is 4.48. The molecule has 1 heterocycles. The number of hydrogen-bond donors (Lipinski definition) is 0. The van der Waals surface area contributed by atoms with E-state index in [-0.39, 0.29) is 11.8 Å². The van der Waals surface area contributed by atoms with Gasteiger partial charge in [-0.05, 0) is 11.4 Å². The van der Waals surface area contributed by atoms with Gasteiger partial charge >= 0.3 is 5.97 Å². The number of esters is 1. The van der Waals surface area contributed by atoms with Crippen molar-refractivity contribution in [3.63, 3.8) is 0 Å². The van der Waals surface area contributed by atoms with Crippen molar-refractivity contribution in [3.8, 4) is 0 Å². The highest BCUT2D eigenvalue weighted by atomic mass is 35.5. The minimum atomic E-state index is -0.375. The lowest BCUT2D eigenvalue weighted by atomic mass is 10.5. The van der Waals surface area contributed by atoms with Gasteiger partial charge in [0, 0.05) is 4.88 Å². The summed E-state index contributed by atoms with van der Waals surface area (Å²) in [6.45, 7) is 0.337. The Balaban J connectivity index is 2.29. The van der Waals surface area contributed by atoms with Crippen LogP contribution in [0.15, 0.2) is 17.5 Å². The van der Waals surface area contributed by atoms with Gasteiger partial charge < -0.3 is 4.74 Å². The molecule has 60 valence electrons. The summed E-state index contributed by atoms with van der Waals surface area (Å²) in [4.78, 5) is 11.6. The minimum Gasteiger partial charge on any atom is -0.459 e. The van der Waals surface area contributed by atoms with E-state index in [4.69, 9.17) is 16.3 Å². The van der Waals surface area contributed by atoms with Crippen molar-refractivity contribution in [3.05, 3.63) is 22.4 Å². The first-order valence-electron chi connectivity index (χ1n) is 3.07. The van der Waals surface area contributed by atoms with Crippen LogP contribution in [0.1, 0.15) is 4.88 Å². The first-order chi connectivity index (χ1) is 5.33. The molecule has 0 N–H and O–H groups in total. The number of alkyl halides is 1. The molecule has 11 heavy (non-hydrogen) atoms. The predicted molar refractivity (Wildman–Crippen MR) is 44.8 cm³/mol. The number of ether oxygens (including phenoxy) is 1. The van der Waals surface area contributed by atoms with Crippen LogP contribution in [0.4, 0.5) is 0 Å². The SMILES string of the molecule is O=C(CCl)OCc1cccs1. The van der Waals surface area contributed by atoms with E-state index in [1.807, 2.05) is 17.5 Å². The van der Waals surface area contributed by atoms with Crippen LogP contribution < -0.4 is 0 Å². The van der Waals surface area contributed by atoms with Crippen LogP contribution in [0.2, 0.25) is 0 Å². The van der Waals surface area contributed by atoms with E-state index in [2.05, 4.69) is 0 Å². The molecule has 0 atom stereocenters. The molecular weight excluding hydrogens is 184 g/mol. The van der Waals surface area contributed by atoms with Gasteiger partial charge in [-0.15, -0.1) is 22.9 Å². The molecule has 4 heteroatoms. The Kier molecular flexibility index (Phi) is 3.39. The van der Waals surface area contributed by atoms with E-state index >= 15 is 0 Å². The van der Waals surface area contributed by atoms with Crippen molar-refractivity contribution in [2.45, 2.75) is 6.61 Å². The van der Waals surface area contributed by atoms with Crippen molar-refractivity contribution < 1.29 is 9.53 Å². The molecule has 0 aliphatic rings. The van der Waals surface area contributed by atoms with E-state index in [1.165, 1.54) is 0 Å². The number of rotatable bonds is 3. The van der Waals surface area contributed by atoms with Crippen molar-refractivity contribution in [2.75, 3.05) is 5.88 Å². The van der Waals surface area contributed by atoms with Gasteiger partial charge in [0.2, 0.25) is 0 Å². The van der Waals surface area contributed by atoms with Crippen LogP contribution in [0, 0.1) is 0 Å². The zero-order valence-electron chi connectivity index (χ0n) is 5.75. The molecule has 0 aliphatic carbocycles. The number of thiophene rings is 1. The van der Waals surface area contributed by atoms with Gasteiger partial charge in [0.1, 0.15) is 12.5 Å². The summed E-state index contributed by atoms with van der Waals surface area (Å²) in [5.74, 6) is -0.453. The van der Waals surface area contributed by atoms with Gasteiger partial charge in [0.25, 0.3) is 0 Å². The minimum absolute atomic E-state index is 0.0780. The molecular formula is C7H7ClO2S. The molecule has 0 saturated carbocycles. The molecule has 1 rings (SSSR count). The summed E-state index contributed by atoms with van der Waals surface area (Å²) in [5.41, 5.74) is 0. The smallest absolute Gasteiger partial charge is 0.321 e. The Labute approximate surface area is 73.7 Å². The fraction of sp³-hybridized carbons (Fsp3) is 0.286. The predicted octanol–water partition coefficient (Wildman–Crippen LogP) is 2.03. The Morgan fingerprint density at radius 3 is 3.09 bits per heavy atom. The van der Waals surface area contributed by atoms with Crippen LogP contribution in [0.25, 0.3) is 0 Å². The summed E-state index contributed by atoms with van der Waals surface area (Å²) in [7, 11) is 0. The monoisotopic (exact) mass is 190 g/mol. The van der Waals surface area contributed by atoms with Gasteiger partial charge in [-0.25, -0.2) is 0 Å². The lowest BCUT2D eigenvalue weighted by molar-refractivity contribution is -0.141. The van der Waals surface area contributed by atoms with E-state index in [9.17, 15) is 4.79 Å². The van der Waals surface area contributed by atoms with E-state index in [0.717, 1.165) is 4.88 Å². The molecule has 1 aromatic rings. The largest absolute Gasteiger partial charge is 0.459 e. The highest BCUT2D eigenvalue weighted by Gasteiger charge is 1.99. The van der Waals surface area contributed by atoms with Gasteiger partial charge in [0.05, 0.1) is 0 Å². The van der Waals surface area contributed by atoms with Crippen LogP contribution in [-0.4, -0.2) is 11.8 Å². The van der Waals surface area contributed by atoms with Crippen LogP contribution in [-0.2, 0) is 16.1 Å². The summed E-state index contributed by atoms with van der Waals surface area (Å²) >= 11 is 6.78. The average Bonchev–Trinajstić information content (AvgIpc) is 2.52. The van der Waals surface area contributed by atoms with E-state index in [0.29, 0.717) is 6.61 Å². The molecule has 2 nitrogen and oxygen atoms in total. The maximum absolute atomic E-state index is 10.6. The van der Waals surface area contributed by atoms with E-state index < -0.39 is 0 Å². The highest BCUT2D eigenvalue weighted by Crippen LogP contribution is 2.09. The normalized spacial score (nSPS) is 9.55. The fourth-order valence-electron chi connectivity index (χ4n) is 0.585. The summed E-state index contributed by atoms with van der Waals surface area (Å²) in [5, 5.41) is 1.93. The first kappa shape index (κ1) is 8.56. The van der Waals surface area contributed by atoms with Crippen molar-refractivity contribution >= 4 is 28.9 Å².